The molecule has 0 aliphatic carbocycles. The first-order valence-electron chi connectivity index (χ1n) is 9.33. The molecule has 0 radical (unpaired) electrons. The van der Waals surface area contributed by atoms with Crippen molar-refractivity contribution in [1.29, 1.82) is 0 Å². The maximum absolute atomic E-state index is 5.78. The van der Waals surface area contributed by atoms with Gasteiger partial charge >= 0.3 is 0 Å². The second kappa shape index (κ2) is 12.2. The smallest absolute Gasteiger partial charge is 0.231 e. The summed E-state index contributed by atoms with van der Waals surface area (Å²) in [6, 6.07) is 5.95. The van der Waals surface area contributed by atoms with Crippen molar-refractivity contribution < 1.29 is 18.9 Å². The molecule has 0 amide bonds. The van der Waals surface area contributed by atoms with Crippen molar-refractivity contribution in [2.45, 2.75) is 25.8 Å². The van der Waals surface area contributed by atoms with Gasteiger partial charge in [-0.1, -0.05) is 6.07 Å². The van der Waals surface area contributed by atoms with Crippen LogP contribution < -0.4 is 20.1 Å². The molecule has 27 heavy (non-hydrogen) atoms. The van der Waals surface area contributed by atoms with E-state index in [-0.39, 0.29) is 24.0 Å². The molecule has 7 nitrogen and oxygen atoms in total. The van der Waals surface area contributed by atoms with E-state index in [0.29, 0.717) is 19.3 Å². The number of halogens is 1. The van der Waals surface area contributed by atoms with Crippen molar-refractivity contribution in [3.05, 3.63) is 23.8 Å². The number of fused-ring (bicyclic) bond motifs is 1. The van der Waals surface area contributed by atoms with Gasteiger partial charge < -0.3 is 29.6 Å². The summed E-state index contributed by atoms with van der Waals surface area (Å²) in [5.41, 5.74) is 1.12. The molecule has 2 heterocycles. The van der Waals surface area contributed by atoms with Gasteiger partial charge in [-0.15, -0.1) is 24.0 Å². The minimum atomic E-state index is 0. The van der Waals surface area contributed by atoms with Gasteiger partial charge in [0.2, 0.25) is 6.79 Å². The molecule has 8 heteroatoms. The van der Waals surface area contributed by atoms with Crippen LogP contribution in [0.2, 0.25) is 0 Å². The molecule has 0 spiro atoms. The molecular weight excluding hydrogens is 461 g/mol. The van der Waals surface area contributed by atoms with E-state index in [9.17, 15) is 0 Å². The molecule has 0 aromatic heterocycles. The maximum Gasteiger partial charge on any atom is 0.231 e. The molecule has 0 unspecified atom stereocenters. The summed E-state index contributed by atoms with van der Waals surface area (Å²) in [5.74, 6) is 3.05. The number of nitrogens with zero attached hydrogens (tertiary/aromatic N) is 1. The van der Waals surface area contributed by atoms with Crippen LogP contribution in [0.5, 0.6) is 11.5 Å². The Morgan fingerprint density at radius 1 is 1.19 bits per heavy atom. The Hall–Kier alpha value is -1.26. The Kier molecular flexibility index (Phi) is 10.00. The summed E-state index contributed by atoms with van der Waals surface area (Å²) in [6.45, 7) is 5.17. The number of benzene rings is 1. The van der Waals surface area contributed by atoms with E-state index in [4.69, 9.17) is 18.9 Å². The van der Waals surface area contributed by atoms with Crippen molar-refractivity contribution >= 4 is 29.9 Å². The third-order valence-corrected chi connectivity index (χ3v) is 4.57. The first kappa shape index (κ1) is 22.0. The van der Waals surface area contributed by atoms with Crippen molar-refractivity contribution in [3.63, 3.8) is 0 Å². The molecule has 2 aliphatic rings. The van der Waals surface area contributed by atoms with Gasteiger partial charge in [-0.05, 0) is 42.9 Å². The lowest BCUT2D eigenvalue weighted by atomic mass is 10.0. The van der Waals surface area contributed by atoms with Crippen LogP contribution in [-0.2, 0) is 16.0 Å². The van der Waals surface area contributed by atoms with E-state index in [2.05, 4.69) is 15.6 Å². The fraction of sp³-hybridized carbons (Fsp3) is 0.632. The van der Waals surface area contributed by atoms with E-state index in [1.54, 1.807) is 7.05 Å². The molecule has 0 bridgehead atoms. The van der Waals surface area contributed by atoms with Crippen LogP contribution in [0.25, 0.3) is 0 Å². The highest BCUT2D eigenvalue weighted by Crippen LogP contribution is 2.32. The molecule has 152 valence electrons. The average molecular weight is 491 g/mol. The number of ether oxygens (including phenoxy) is 4. The summed E-state index contributed by atoms with van der Waals surface area (Å²) in [5, 5.41) is 6.62. The van der Waals surface area contributed by atoms with Gasteiger partial charge in [-0.25, -0.2) is 0 Å². The molecule has 3 rings (SSSR count). The van der Waals surface area contributed by atoms with Crippen LogP contribution in [0.15, 0.2) is 23.2 Å². The van der Waals surface area contributed by atoms with E-state index < -0.39 is 0 Å². The summed E-state index contributed by atoms with van der Waals surface area (Å²) >= 11 is 0. The Morgan fingerprint density at radius 3 is 2.81 bits per heavy atom. The highest BCUT2D eigenvalue weighted by Gasteiger charge is 2.14. The first-order valence-corrected chi connectivity index (χ1v) is 9.33. The standard InChI is InChI=1S/C19H29N3O4.HI/c1-20-19(21-7-2-8-24-13-15-5-9-23-10-6-15)22-12-16-3-4-17-18(11-16)26-14-25-17;/h3-4,11,15H,2,5-10,12-14H2,1H3,(H2,20,21,22);1H. The number of aliphatic imine (C=N–C) groups is 1. The van der Waals surface area contributed by atoms with Crippen LogP contribution >= 0.6 is 24.0 Å². The normalized spacial score (nSPS) is 16.7. The van der Waals surface area contributed by atoms with Gasteiger partial charge in [0.05, 0.1) is 0 Å². The zero-order chi connectivity index (χ0) is 18.0. The molecule has 1 aromatic carbocycles. The third-order valence-electron chi connectivity index (χ3n) is 4.57. The SMILES string of the molecule is CN=C(NCCCOCC1CCOCC1)NCc1ccc2c(c1)OCO2.I. The fourth-order valence-electron chi connectivity index (χ4n) is 3.00. The molecule has 1 aromatic rings. The number of rotatable bonds is 8. The molecule has 1 fully saturated rings. The van der Waals surface area contributed by atoms with Gasteiger partial charge in [-0.3, -0.25) is 4.99 Å². The van der Waals surface area contributed by atoms with Gasteiger partial charge in [-0.2, -0.15) is 0 Å². The monoisotopic (exact) mass is 491 g/mol. The molecular formula is C19H30IN3O4. The average Bonchev–Trinajstić information content (AvgIpc) is 3.15. The minimum absolute atomic E-state index is 0. The summed E-state index contributed by atoms with van der Waals surface area (Å²) < 4.78 is 21.9. The number of hydrogen-bond donors (Lipinski definition) is 2. The van der Waals surface area contributed by atoms with Crippen molar-refractivity contribution in [1.82, 2.24) is 10.6 Å². The lowest BCUT2D eigenvalue weighted by Gasteiger charge is -2.21. The topological polar surface area (TPSA) is 73.3 Å². The highest BCUT2D eigenvalue weighted by atomic mass is 127. The van der Waals surface area contributed by atoms with Gasteiger partial charge in [0.25, 0.3) is 0 Å². The predicted octanol–water partition coefficient (Wildman–Crippen LogP) is 2.53. The number of hydrogen-bond acceptors (Lipinski definition) is 5. The predicted molar refractivity (Wildman–Crippen MR) is 115 cm³/mol. The van der Waals surface area contributed by atoms with Crippen molar-refractivity contribution in [2.75, 3.05) is 46.8 Å². The third kappa shape index (κ3) is 7.34. The fourth-order valence-corrected chi connectivity index (χ4v) is 3.00. The Morgan fingerprint density at radius 2 is 2.00 bits per heavy atom. The largest absolute Gasteiger partial charge is 0.454 e. The summed E-state index contributed by atoms with van der Waals surface area (Å²) in [7, 11) is 1.77. The summed E-state index contributed by atoms with van der Waals surface area (Å²) in [4.78, 5) is 4.25. The van der Waals surface area contributed by atoms with E-state index in [0.717, 1.165) is 75.3 Å². The van der Waals surface area contributed by atoms with Gasteiger partial charge in [0.1, 0.15) is 0 Å². The van der Waals surface area contributed by atoms with Crippen LogP contribution in [0, 0.1) is 5.92 Å². The van der Waals surface area contributed by atoms with Crippen LogP contribution in [-0.4, -0.2) is 52.8 Å². The lowest BCUT2D eigenvalue weighted by molar-refractivity contribution is 0.0203. The second-order valence-corrected chi connectivity index (χ2v) is 6.52. The quantitative estimate of drug-likeness (QED) is 0.252. The number of nitrogens with one attached hydrogen (secondary N) is 2. The number of guanidine groups is 1. The zero-order valence-corrected chi connectivity index (χ0v) is 18.2. The zero-order valence-electron chi connectivity index (χ0n) is 15.9. The van der Waals surface area contributed by atoms with E-state index >= 15 is 0 Å². The Labute approximate surface area is 178 Å². The Bertz CT molecular complexity index is 594. The lowest BCUT2D eigenvalue weighted by Crippen LogP contribution is -2.37. The first-order chi connectivity index (χ1) is 12.8. The molecule has 0 atom stereocenters. The molecule has 2 N–H and O–H groups in total. The van der Waals surface area contributed by atoms with E-state index in [1.165, 1.54) is 0 Å². The van der Waals surface area contributed by atoms with Gasteiger partial charge in [0, 0.05) is 46.6 Å². The maximum atomic E-state index is 5.78. The minimum Gasteiger partial charge on any atom is -0.454 e. The van der Waals surface area contributed by atoms with Crippen molar-refractivity contribution in [3.8, 4) is 11.5 Å². The second-order valence-electron chi connectivity index (χ2n) is 6.52. The summed E-state index contributed by atoms with van der Waals surface area (Å²) in [6.07, 6.45) is 3.19. The van der Waals surface area contributed by atoms with Crippen LogP contribution in [0.4, 0.5) is 0 Å². The van der Waals surface area contributed by atoms with Crippen LogP contribution in [0.1, 0.15) is 24.8 Å². The highest BCUT2D eigenvalue weighted by molar-refractivity contribution is 14.0. The molecule has 2 aliphatic heterocycles. The van der Waals surface area contributed by atoms with E-state index in [1.807, 2.05) is 18.2 Å². The van der Waals surface area contributed by atoms with Crippen LogP contribution in [0.3, 0.4) is 0 Å². The van der Waals surface area contributed by atoms with Crippen molar-refractivity contribution in [2.24, 2.45) is 10.9 Å². The molecule has 1 saturated heterocycles. The Balaban J connectivity index is 0.00000261. The van der Waals surface area contributed by atoms with Gasteiger partial charge in [0.15, 0.2) is 17.5 Å². The molecule has 0 saturated carbocycles.